The molecule has 0 aliphatic carbocycles. The van der Waals surface area contributed by atoms with Crippen LogP contribution in [0.3, 0.4) is 0 Å². The summed E-state index contributed by atoms with van der Waals surface area (Å²) in [5.74, 6) is -0.681. The van der Waals surface area contributed by atoms with E-state index in [1.807, 2.05) is 25.1 Å². The van der Waals surface area contributed by atoms with E-state index >= 15 is 0 Å². The van der Waals surface area contributed by atoms with Gasteiger partial charge >= 0.3 is 0 Å². The van der Waals surface area contributed by atoms with E-state index in [0.717, 1.165) is 11.1 Å². The van der Waals surface area contributed by atoms with E-state index in [2.05, 4.69) is 0 Å². The van der Waals surface area contributed by atoms with E-state index < -0.39 is 5.82 Å². The molecule has 0 bridgehead atoms. The molecule has 0 fully saturated rings. The fourth-order valence-electron chi connectivity index (χ4n) is 1.74. The number of Topliss-reactive ketones (excluding diaryl/α,β-unsaturated/α-hetero) is 1. The molecule has 0 spiro atoms. The maximum Gasteiger partial charge on any atom is 0.167 e. The van der Waals surface area contributed by atoms with Crippen LogP contribution in [-0.4, -0.2) is 5.78 Å². The van der Waals surface area contributed by atoms with Crippen LogP contribution in [0.4, 0.5) is 4.39 Å². The Labute approximate surface area is 121 Å². The number of carbonyl (C=O) groups excluding carboxylic acids is 1. The predicted octanol–water partition coefficient (Wildman–Crippen LogP) is 4.87. The normalized spacial score (nSPS) is 10.5. The van der Waals surface area contributed by atoms with E-state index in [1.165, 1.54) is 18.2 Å². The van der Waals surface area contributed by atoms with E-state index in [0.29, 0.717) is 10.6 Å². The summed E-state index contributed by atoms with van der Waals surface area (Å²) in [6.45, 7) is 1.93. The van der Waals surface area contributed by atoms with E-state index in [-0.39, 0.29) is 17.2 Å². The molecule has 0 saturated heterocycles. The molecular weight excluding hydrogens is 286 g/mol. The molecule has 0 radical (unpaired) electrons. The topological polar surface area (TPSA) is 17.1 Å². The second kappa shape index (κ2) is 5.72. The summed E-state index contributed by atoms with van der Waals surface area (Å²) in [7, 11) is 0. The van der Waals surface area contributed by atoms with Crippen LogP contribution >= 0.6 is 23.2 Å². The van der Waals surface area contributed by atoms with Gasteiger partial charge in [-0.05, 0) is 42.3 Å². The summed E-state index contributed by atoms with van der Waals surface area (Å²) < 4.78 is 13.0. The van der Waals surface area contributed by atoms with Crippen LogP contribution in [-0.2, 0) is 6.42 Å². The number of hydrogen-bond donors (Lipinski definition) is 0. The molecule has 19 heavy (non-hydrogen) atoms. The van der Waals surface area contributed by atoms with Crippen LogP contribution < -0.4 is 0 Å². The summed E-state index contributed by atoms with van der Waals surface area (Å²) in [4.78, 5) is 12.1. The van der Waals surface area contributed by atoms with Crippen LogP contribution in [0.1, 0.15) is 21.5 Å². The van der Waals surface area contributed by atoms with Crippen molar-refractivity contribution in [2.24, 2.45) is 0 Å². The first-order chi connectivity index (χ1) is 8.97. The molecule has 0 atom stereocenters. The number of carbonyl (C=O) groups is 1. The zero-order chi connectivity index (χ0) is 14.0. The molecule has 0 amide bonds. The highest BCUT2D eigenvalue weighted by molar-refractivity contribution is 6.32. The zero-order valence-corrected chi connectivity index (χ0v) is 11.7. The van der Waals surface area contributed by atoms with Gasteiger partial charge in [0.25, 0.3) is 0 Å². The van der Waals surface area contributed by atoms with E-state index in [4.69, 9.17) is 23.2 Å². The lowest BCUT2D eigenvalue weighted by Gasteiger charge is -2.05. The van der Waals surface area contributed by atoms with Crippen molar-refractivity contribution in [3.63, 3.8) is 0 Å². The average molecular weight is 297 g/mol. The minimum absolute atomic E-state index is 0.0548. The van der Waals surface area contributed by atoms with Crippen LogP contribution in [0.2, 0.25) is 10.0 Å². The van der Waals surface area contributed by atoms with Gasteiger partial charge in [0.05, 0.1) is 5.02 Å². The van der Waals surface area contributed by atoms with Gasteiger partial charge in [-0.3, -0.25) is 4.79 Å². The number of benzene rings is 2. The van der Waals surface area contributed by atoms with E-state index in [9.17, 15) is 9.18 Å². The second-order valence-corrected chi connectivity index (χ2v) is 5.14. The number of rotatable bonds is 3. The quantitative estimate of drug-likeness (QED) is 0.739. The SMILES string of the molecule is Cc1ccc(CC(=O)c2ccc(F)c(Cl)c2)c(Cl)c1. The van der Waals surface area contributed by atoms with Crippen LogP contribution in [0.25, 0.3) is 0 Å². The average Bonchev–Trinajstić information content (AvgIpc) is 2.36. The van der Waals surface area contributed by atoms with Gasteiger partial charge in [0.15, 0.2) is 5.78 Å². The third-order valence-corrected chi connectivity index (χ3v) is 3.44. The molecule has 1 nitrogen and oxygen atoms in total. The van der Waals surface area contributed by atoms with Crippen LogP contribution in [0.5, 0.6) is 0 Å². The Morgan fingerprint density at radius 2 is 1.84 bits per heavy atom. The maximum absolute atomic E-state index is 13.0. The molecular formula is C15H11Cl2FO. The summed E-state index contributed by atoms with van der Waals surface area (Å²) in [5, 5.41) is 0.502. The smallest absolute Gasteiger partial charge is 0.167 e. The number of aryl methyl sites for hydroxylation is 1. The standard InChI is InChI=1S/C15H11Cl2FO/c1-9-2-3-10(12(16)6-9)8-15(19)11-4-5-14(18)13(17)7-11/h2-7H,8H2,1H3. The molecule has 0 heterocycles. The monoisotopic (exact) mass is 296 g/mol. The van der Waals surface area contributed by atoms with Crippen LogP contribution in [0.15, 0.2) is 36.4 Å². The van der Waals surface area contributed by atoms with Crippen molar-refractivity contribution in [2.75, 3.05) is 0 Å². The number of hydrogen-bond acceptors (Lipinski definition) is 1. The van der Waals surface area contributed by atoms with Gasteiger partial charge in [-0.25, -0.2) is 4.39 Å². The zero-order valence-electron chi connectivity index (χ0n) is 10.2. The van der Waals surface area contributed by atoms with Gasteiger partial charge in [-0.15, -0.1) is 0 Å². The summed E-state index contributed by atoms with van der Waals surface area (Å²) >= 11 is 11.7. The van der Waals surface area contributed by atoms with Crippen LogP contribution in [0, 0.1) is 12.7 Å². The summed E-state index contributed by atoms with van der Waals surface area (Å²) in [6, 6.07) is 9.47. The van der Waals surface area contributed by atoms with Gasteiger partial charge in [0.2, 0.25) is 0 Å². The summed E-state index contributed by atoms with van der Waals surface area (Å²) in [6.07, 6.45) is 0.168. The Hall–Kier alpha value is -1.38. The molecule has 0 N–H and O–H groups in total. The third-order valence-electron chi connectivity index (χ3n) is 2.80. The lowest BCUT2D eigenvalue weighted by Crippen LogP contribution is -2.04. The third kappa shape index (κ3) is 3.34. The van der Waals surface area contributed by atoms with Gasteiger partial charge in [-0.2, -0.15) is 0 Å². The van der Waals surface area contributed by atoms with E-state index in [1.54, 1.807) is 0 Å². The fraction of sp³-hybridized carbons (Fsp3) is 0.133. The minimum Gasteiger partial charge on any atom is -0.294 e. The molecule has 4 heteroatoms. The first-order valence-corrected chi connectivity index (χ1v) is 6.46. The molecule has 2 rings (SSSR count). The lowest BCUT2D eigenvalue weighted by molar-refractivity contribution is 0.0993. The second-order valence-electron chi connectivity index (χ2n) is 4.32. The van der Waals surface area contributed by atoms with Crippen molar-refractivity contribution >= 4 is 29.0 Å². The van der Waals surface area contributed by atoms with Crippen molar-refractivity contribution in [2.45, 2.75) is 13.3 Å². The highest BCUT2D eigenvalue weighted by atomic mass is 35.5. The number of halogens is 3. The van der Waals surface area contributed by atoms with Gasteiger partial charge < -0.3 is 0 Å². The Morgan fingerprint density at radius 1 is 1.11 bits per heavy atom. The van der Waals surface area contributed by atoms with Crippen molar-refractivity contribution in [3.8, 4) is 0 Å². The highest BCUT2D eigenvalue weighted by Crippen LogP contribution is 2.21. The van der Waals surface area contributed by atoms with Gasteiger partial charge in [0, 0.05) is 17.0 Å². The van der Waals surface area contributed by atoms with Crippen molar-refractivity contribution < 1.29 is 9.18 Å². The minimum atomic E-state index is -0.536. The molecule has 0 aliphatic rings. The highest BCUT2D eigenvalue weighted by Gasteiger charge is 2.11. The first kappa shape index (κ1) is 14.0. The number of ketones is 1. The van der Waals surface area contributed by atoms with Crippen molar-refractivity contribution in [1.29, 1.82) is 0 Å². The Balaban J connectivity index is 2.23. The molecule has 0 unspecified atom stereocenters. The Bertz CT molecular complexity index is 638. The molecule has 0 saturated carbocycles. The molecule has 2 aromatic rings. The fourth-order valence-corrected chi connectivity index (χ4v) is 2.22. The predicted molar refractivity (Wildman–Crippen MR) is 75.6 cm³/mol. The lowest BCUT2D eigenvalue weighted by atomic mass is 10.0. The first-order valence-electron chi connectivity index (χ1n) is 5.70. The Kier molecular flexibility index (Phi) is 4.23. The Morgan fingerprint density at radius 3 is 2.47 bits per heavy atom. The molecule has 98 valence electrons. The molecule has 0 aromatic heterocycles. The van der Waals surface area contributed by atoms with Gasteiger partial charge in [-0.1, -0.05) is 35.3 Å². The molecule has 2 aromatic carbocycles. The van der Waals surface area contributed by atoms with Crippen molar-refractivity contribution in [1.82, 2.24) is 0 Å². The van der Waals surface area contributed by atoms with Crippen molar-refractivity contribution in [3.05, 3.63) is 69.0 Å². The maximum atomic E-state index is 13.0. The van der Waals surface area contributed by atoms with Gasteiger partial charge in [0.1, 0.15) is 5.82 Å². The largest absolute Gasteiger partial charge is 0.294 e. The summed E-state index contributed by atoms with van der Waals surface area (Å²) in [5.41, 5.74) is 2.16. The molecule has 0 aliphatic heterocycles.